The normalized spacial score (nSPS) is 12.8. The van der Waals surface area contributed by atoms with Crippen LogP contribution in [0.25, 0.3) is 0 Å². The first-order chi connectivity index (χ1) is 6.93. The smallest absolute Gasteiger partial charge is 0.311 e. The van der Waals surface area contributed by atoms with Gasteiger partial charge in [-0.3, -0.25) is 4.79 Å². The molecule has 0 saturated heterocycles. The molecule has 3 heteroatoms. The fourth-order valence-corrected chi connectivity index (χ4v) is 1.69. The van der Waals surface area contributed by atoms with Gasteiger partial charge in [-0.15, -0.1) is 0 Å². The van der Waals surface area contributed by atoms with Crippen molar-refractivity contribution in [3.8, 4) is 5.75 Å². The minimum absolute atomic E-state index is 0.0453. The van der Waals surface area contributed by atoms with Crippen molar-refractivity contribution >= 4 is 5.97 Å². The van der Waals surface area contributed by atoms with Crippen molar-refractivity contribution in [2.45, 2.75) is 26.7 Å². The van der Waals surface area contributed by atoms with Gasteiger partial charge in [0.05, 0.1) is 5.92 Å². The van der Waals surface area contributed by atoms with Gasteiger partial charge in [-0.05, 0) is 24.5 Å². The molecule has 0 heterocycles. The van der Waals surface area contributed by atoms with Crippen LogP contribution in [0.3, 0.4) is 0 Å². The molecule has 1 atom stereocenters. The van der Waals surface area contributed by atoms with Gasteiger partial charge in [-0.2, -0.15) is 0 Å². The number of aromatic hydroxyl groups is 1. The number of aryl methyl sites for hydroxylation is 1. The number of benzene rings is 1. The summed E-state index contributed by atoms with van der Waals surface area (Å²) in [5.41, 5.74) is 1.41. The first-order valence-corrected chi connectivity index (χ1v) is 4.95. The average molecular weight is 208 g/mol. The number of hydrogen-bond donors (Lipinski definition) is 2. The number of rotatable bonds is 3. The first kappa shape index (κ1) is 11.6. The number of carbonyl (C=O) groups is 1. The van der Waals surface area contributed by atoms with Crippen LogP contribution in [-0.2, 0) is 4.79 Å². The molecule has 0 aliphatic carbocycles. The quantitative estimate of drug-likeness (QED) is 0.802. The zero-order valence-electron chi connectivity index (χ0n) is 9.19. The summed E-state index contributed by atoms with van der Waals surface area (Å²) >= 11 is 0. The molecular weight excluding hydrogens is 192 g/mol. The summed E-state index contributed by atoms with van der Waals surface area (Å²) in [5, 5.41) is 18.8. The van der Waals surface area contributed by atoms with Gasteiger partial charge in [0.25, 0.3) is 0 Å². The van der Waals surface area contributed by atoms with Gasteiger partial charge in [0.2, 0.25) is 0 Å². The second-order valence-electron chi connectivity index (χ2n) is 4.12. The highest BCUT2D eigenvalue weighted by Gasteiger charge is 2.25. The summed E-state index contributed by atoms with van der Waals surface area (Å²) in [7, 11) is 0. The highest BCUT2D eigenvalue weighted by Crippen LogP contribution is 2.32. The molecule has 0 bridgehead atoms. The van der Waals surface area contributed by atoms with Crippen LogP contribution in [0, 0.1) is 12.8 Å². The topological polar surface area (TPSA) is 57.5 Å². The zero-order valence-corrected chi connectivity index (χ0v) is 9.19. The van der Waals surface area contributed by atoms with Crippen LogP contribution in [0.1, 0.15) is 30.9 Å². The highest BCUT2D eigenvalue weighted by atomic mass is 16.4. The second-order valence-corrected chi connectivity index (χ2v) is 4.12. The molecule has 0 aromatic heterocycles. The van der Waals surface area contributed by atoms with Crippen LogP contribution in [0.2, 0.25) is 0 Å². The van der Waals surface area contributed by atoms with E-state index in [4.69, 9.17) is 5.11 Å². The summed E-state index contributed by atoms with van der Waals surface area (Å²) in [4.78, 5) is 11.1. The van der Waals surface area contributed by atoms with Crippen LogP contribution in [0.5, 0.6) is 5.75 Å². The van der Waals surface area contributed by atoms with Gasteiger partial charge in [-0.1, -0.05) is 26.0 Å². The van der Waals surface area contributed by atoms with Crippen molar-refractivity contribution in [1.29, 1.82) is 0 Å². The third kappa shape index (κ3) is 2.49. The Labute approximate surface area is 89.4 Å². The zero-order chi connectivity index (χ0) is 11.6. The fraction of sp³-hybridized carbons (Fsp3) is 0.417. The van der Waals surface area contributed by atoms with E-state index in [-0.39, 0.29) is 11.7 Å². The number of aliphatic carboxylic acids is 1. The lowest BCUT2D eigenvalue weighted by Crippen LogP contribution is -2.17. The van der Waals surface area contributed by atoms with E-state index in [1.807, 2.05) is 26.8 Å². The van der Waals surface area contributed by atoms with Crippen LogP contribution < -0.4 is 0 Å². The number of phenolic OH excluding ortho intramolecular Hbond substituents is 1. The molecule has 0 radical (unpaired) electrons. The van der Waals surface area contributed by atoms with Gasteiger partial charge in [0.1, 0.15) is 5.75 Å². The van der Waals surface area contributed by atoms with Gasteiger partial charge < -0.3 is 10.2 Å². The summed E-state index contributed by atoms with van der Waals surface area (Å²) in [5.74, 6) is -1.53. The molecule has 0 aliphatic rings. The van der Waals surface area contributed by atoms with Crippen molar-refractivity contribution < 1.29 is 15.0 Å². The summed E-state index contributed by atoms with van der Waals surface area (Å²) < 4.78 is 0. The van der Waals surface area contributed by atoms with Gasteiger partial charge in [-0.25, -0.2) is 0 Å². The Kier molecular flexibility index (Phi) is 3.35. The molecule has 0 saturated carbocycles. The standard InChI is InChI=1S/C12H16O3/c1-7(2)11(12(14)15)9-5-4-8(3)6-10(9)13/h4-7,11,13H,1-3H3,(H,14,15). The molecule has 2 N–H and O–H groups in total. The van der Waals surface area contributed by atoms with Gasteiger partial charge in [0.15, 0.2) is 0 Å². The molecule has 0 fully saturated rings. The highest BCUT2D eigenvalue weighted by molar-refractivity contribution is 5.77. The maximum absolute atomic E-state index is 11.1. The summed E-state index contributed by atoms with van der Waals surface area (Å²) in [6, 6.07) is 5.09. The van der Waals surface area contributed by atoms with Crippen LogP contribution in [0.4, 0.5) is 0 Å². The van der Waals surface area contributed by atoms with E-state index < -0.39 is 11.9 Å². The van der Waals surface area contributed by atoms with Crippen LogP contribution in [-0.4, -0.2) is 16.2 Å². The Morgan fingerprint density at radius 1 is 1.33 bits per heavy atom. The molecule has 15 heavy (non-hydrogen) atoms. The summed E-state index contributed by atoms with van der Waals surface area (Å²) in [6.07, 6.45) is 0. The Hall–Kier alpha value is -1.51. The predicted octanol–water partition coefficient (Wildman–Crippen LogP) is 2.52. The van der Waals surface area contributed by atoms with E-state index in [0.717, 1.165) is 5.56 Å². The number of phenols is 1. The van der Waals surface area contributed by atoms with Gasteiger partial charge in [0, 0.05) is 5.56 Å². The Bertz CT molecular complexity index is 369. The van der Waals surface area contributed by atoms with Crippen molar-refractivity contribution in [2.24, 2.45) is 5.92 Å². The Morgan fingerprint density at radius 3 is 2.33 bits per heavy atom. The largest absolute Gasteiger partial charge is 0.508 e. The fourth-order valence-electron chi connectivity index (χ4n) is 1.69. The summed E-state index contributed by atoms with van der Waals surface area (Å²) in [6.45, 7) is 5.52. The van der Waals surface area contributed by atoms with E-state index in [2.05, 4.69) is 0 Å². The third-order valence-corrected chi connectivity index (χ3v) is 2.45. The first-order valence-electron chi connectivity index (χ1n) is 4.95. The number of carboxylic acid groups (broad SMARTS) is 1. The van der Waals surface area contributed by atoms with E-state index >= 15 is 0 Å². The maximum Gasteiger partial charge on any atom is 0.311 e. The van der Waals surface area contributed by atoms with E-state index in [9.17, 15) is 9.90 Å². The molecule has 0 aliphatic heterocycles. The van der Waals surface area contributed by atoms with Gasteiger partial charge >= 0.3 is 5.97 Å². The predicted molar refractivity (Wildman–Crippen MR) is 58.1 cm³/mol. The lowest BCUT2D eigenvalue weighted by molar-refractivity contribution is -0.139. The average Bonchev–Trinajstić information content (AvgIpc) is 2.08. The molecule has 1 unspecified atom stereocenters. The van der Waals surface area contributed by atoms with Crippen molar-refractivity contribution in [3.63, 3.8) is 0 Å². The lowest BCUT2D eigenvalue weighted by Gasteiger charge is -2.17. The van der Waals surface area contributed by atoms with Crippen molar-refractivity contribution in [3.05, 3.63) is 29.3 Å². The third-order valence-electron chi connectivity index (χ3n) is 2.45. The SMILES string of the molecule is Cc1ccc(C(C(=O)O)C(C)C)c(O)c1. The van der Waals surface area contributed by atoms with E-state index in [1.165, 1.54) is 0 Å². The minimum atomic E-state index is -0.899. The Morgan fingerprint density at radius 2 is 1.93 bits per heavy atom. The molecule has 0 amide bonds. The molecule has 1 rings (SSSR count). The lowest BCUT2D eigenvalue weighted by atomic mass is 9.87. The molecular formula is C12H16O3. The monoisotopic (exact) mass is 208 g/mol. The van der Waals surface area contributed by atoms with Crippen LogP contribution in [0.15, 0.2) is 18.2 Å². The number of hydrogen-bond acceptors (Lipinski definition) is 2. The second kappa shape index (κ2) is 4.34. The van der Waals surface area contributed by atoms with E-state index in [1.54, 1.807) is 12.1 Å². The molecule has 1 aromatic carbocycles. The molecule has 82 valence electrons. The molecule has 3 nitrogen and oxygen atoms in total. The minimum Gasteiger partial charge on any atom is -0.508 e. The van der Waals surface area contributed by atoms with Crippen LogP contribution >= 0.6 is 0 Å². The molecule has 0 spiro atoms. The Balaban J connectivity index is 3.17. The number of carboxylic acids is 1. The van der Waals surface area contributed by atoms with E-state index in [0.29, 0.717) is 5.56 Å². The van der Waals surface area contributed by atoms with Crippen molar-refractivity contribution in [2.75, 3.05) is 0 Å². The maximum atomic E-state index is 11.1. The van der Waals surface area contributed by atoms with Crippen molar-refractivity contribution in [1.82, 2.24) is 0 Å². The molecule has 1 aromatic rings.